The Morgan fingerprint density at radius 1 is 1.14 bits per heavy atom. The maximum atomic E-state index is 5.35. The molecule has 1 heterocycles. The van der Waals surface area contributed by atoms with E-state index in [1.807, 2.05) is 18.2 Å². The van der Waals surface area contributed by atoms with Crippen LogP contribution in [0.25, 0.3) is 0 Å². The van der Waals surface area contributed by atoms with E-state index in [4.69, 9.17) is 14.2 Å². The number of hydrogen-bond donors (Lipinski definition) is 1. The van der Waals surface area contributed by atoms with Gasteiger partial charge in [0, 0.05) is 18.2 Å². The van der Waals surface area contributed by atoms with Gasteiger partial charge in [0.05, 0.1) is 32.0 Å². The van der Waals surface area contributed by atoms with E-state index < -0.39 is 0 Å². The summed E-state index contributed by atoms with van der Waals surface area (Å²) >= 11 is 3.31. The fraction of sp³-hybridized carbons (Fsp3) is 0.286. The van der Waals surface area contributed by atoms with E-state index in [0.717, 1.165) is 17.1 Å². The molecule has 2 aromatic rings. The highest BCUT2D eigenvalue weighted by molar-refractivity contribution is 9.10. The molecular formula is C14H16BrN3O3. The van der Waals surface area contributed by atoms with Crippen LogP contribution in [0.5, 0.6) is 17.4 Å². The van der Waals surface area contributed by atoms with Gasteiger partial charge < -0.3 is 19.5 Å². The molecule has 0 bridgehead atoms. The molecule has 0 radical (unpaired) electrons. The Labute approximate surface area is 131 Å². The van der Waals surface area contributed by atoms with Crippen molar-refractivity contribution in [1.82, 2.24) is 9.97 Å². The quantitative estimate of drug-likeness (QED) is 0.861. The Kier molecular flexibility index (Phi) is 5.21. The number of nitrogens with one attached hydrogen (secondary N) is 1. The largest absolute Gasteiger partial charge is 0.497 e. The zero-order valence-electron chi connectivity index (χ0n) is 12.0. The first-order valence-corrected chi connectivity index (χ1v) is 6.98. The predicted molar refractivity (Wildman–Crippen MR) is 83.2 cm³/mol. The number of aromatic nitrogens is 2. The number of rotatable bonds is 6. The fourth-order valence-corrected chi connectivity index (χ4v) is 2.10. The van der Waals surface area contributed by atoms with E-state index in [0.29, 0.717) is 22.8 Å². The third kappa shape index (κ3) is 3.75. The Bertz CT molecular complexity index is 622. The van der Waals surface area contributed by atoms with Crippen molar-refractivity contribution in [3.63, 3.8) is 0 Å². The van der Waals surface area contributed by atoms with Crippen LogP contribution in [0, 0.1) is 0 Å². The van der Waals surface area contributed by atoms with Gasteiger partial charge in [-0.2, -0.15) is 4.98 Å². The monoisotopic (exact) mass is 353 g/mol. The molecule has 0 atom stereocenters. The van der Waals surface area contributed by atoms with Crippen molar-refractivity contribution in [2.45, 2.75) is 6.54 Å². The highest BCUT2D eigenvalue weighted by Gasteiger charge is 2.08. The number of ether oxygens (including phenoxy) is 3. The van der Waals surface area contributed by atoms with Crippen molar-refractivity contribution >= 4 is 21.9 Å². The van der Waals surface area contributed by atoms with Crippen molar-refractivity contribution in [1.29, 1.82) is 0 Å². The van der Waals surface area contributed by atoms with Crippen LogP contribution < -0.4 is 19.5 Å². The van der Waals surface area contributed by atoms with Crippen LogP contribution in [-0.2, 0) is 6.54 Å². The molecule has 0 aliphatic rings. The average Bonchev–Trinajstić information content (AvgIpc) is 2.53. The zero-order chi connectivity index (χ0) is 15.2. The molecule has 0 spiro atoms. The lowest BCUT2D eigenvalue weighted by molar-refractivity contribution is 0.391. The molecule has 0 saturated heterocycles. The maximum absolute atomic E-state index is 5.35. The van der Waals surface area contributed by atoms with Crippen molar-refractivity contribution in [2.24, 2.45) is 0 Å². The maximum Gasteiger partial charge on any atom is 0.232 e. The molecule has 0 aliphatic carbocycles. The Morgan fingerprint density at radius 3 is 2.62 bits per heavy atom. The van der Waals surface area contributed by atoms with E-state index in [9.17, 15) is 0 Å². The standard InChI is InChI=1S/C14H16BrN3O3/c1-19-10-5-4-9(12(6-10)20-2)7-16-14-17-8-11(15)13(18-14)21-3/h4-6,8H,7H2,1-3H3,(H,16,17,18). The molecule has 0 unspecified atom stereocenters. The highest BCUT2D eigenvalue weighted by Crippen LogP contribution is 2.26. The van der Waals surface area contributed by atoms with Crippen molar-refractivity contribution in [2.75, 3.05) is 26.6 Å². The smallest absolute Gasteiger partial charge is 0.232 e. The van der Waals surface area contributed by atoms with Crippen molar-refractivity contribution in [3.05, 3.63) is 34.4 Å². The van der Waals surface area contributed by atoms with Gasteiger partial charge in [-0.15, -0.1) is 0 Å². The SMILES string of the molecule is COc1ccc(CNc2ncc(Br)c(OC)n2)c(OC)c1. The first-order chi connectivity index (χ1) is 10.2. The van der Waals surface area contributed by atoms with Crippen LogP contribution in [-0.4, -0.2) is 31.3 Å². The van der Waals surface area contributed by atoms with Gasteiger partial charge in [-0.25, -0.2) is 4.98 Å². The topological polar surface area (TPSA) is 65.5 Å². The summed E-state index contributed by atoms with van der Waals surface area (Å²) < 4.78 is 16.4. The summed E-state index contributed by atoms with van der Waals surface area (Å²) in [6.45, 7) is 0.526. The number of benzene rings is 1. The summed E-state index contributed by atoms with van der Waals surface area (Å²) in [6, 6.07) is 5.64. The molecule has 0 saturated carbocycles. The first-order valence-electron chi connectivity index (χ1n) is 6.19. The van der Waals surface area contributed by atoms with Gasteiger partial charge in [0.1, 0.15) is 11.5 Å². The number of anilines is 1. The Balaban J connectivity index is 2.12. The van der Waals surface area contributed by atoms with Gasteiger partial charge in [-0.1, -0.05) is 0 Å². The molecule has 112 valence electrons. The lowest BCUT2D eigenvalue weighted by Crippen LogP contribution is -2.06. The average molecular weight is 354 g/mol. The van der Waals surface area contributed by atoms with Crippen LogP contribution in [0.1, 0.15) is 5.56 Å². The second kappa shape index (κ2) is 7.12. The summed E-state index contributed by atoms with van der Waals surface area (Å²) in [5.41, 5.74) is 0.976. The minimum absolute atomic E-state index is 0.480. The lowest BCUT2D eigenvalue weighted by Gasteiger charge is -2.11. The van der Waals surface area contributed by atoms with E-state index in [2.05, 4.69) is 31.2 Å². The molecule has 0 fully saturated rings. The lowest BCUT2D eigenvalue weighted by atomic mass is 10.2. The summed E-state index contributed by atoms with van der Waals surface area (Å²) in [4.78, 5) is 8.41. The van der Waals surface area contributed by atoms with E-state index in [1.54, 1.807) is 27.5 Å². The molecule has 1 aromatic heterocycles. The van der Waals surface area contributed by atoms with E-state index in [1.165, 1.54) is 0 Å². The van der Waals surface area contributed by atoms with Gasteiger partial charge in [0.15, 0.2) is 0 Å². The Morgan fingerprint density at radius 2 is 1.95 bits per heavy atom. The third-order valence-corrected chi connectivity index (χ3v) is 3.38. The molecule has 0 amide bonds. The highest BCUT2D eigenvalue weighted by atomic mass is 79.9. The number of methoxy groups -OCH3 is 3. The number of hydrogen-bond acceptors (Lipinski definition) is 6. The Hall–Kier alpha value is -2.02. The summed E-state index contributed by atoms with van der Waals surface area (Å²) in [5.74, 6) is 2.45. The molecule has 1 N–H and O–H groups in total. The molecule has 7 heteroatoms. The molecule has 2 rings (SSSR count). The van der Waals surface area contributed by atoms with Crippen molar-refractivity contribution in [3.8, 4) is 17.4 Å². The van der Waals surface area contributed by atoms with E-state index in [-0.39, 0.29) is 0 Å². The second-order valence-corrected chi connectivity index (χ2v) is 4.94. The van der Waals surface area contributed by atoms with Gasteiger partial charge in [0.2, 0.25) is 11.8 Å². The van der Waals surface area contributed by atoms with Gasteiger partial charge in [-0.3, -0.25) is 0 Å². The molecule has 6 nitrogen and oxygen atoms in total. The summed E-state index contributed by atoms with van der Waals surface area (Å²) in [6.07, 6.45) is 1.64. The number of halogens is 1. The van der Waals surface area contributed by atoms with Crippen LogP contribution >= 0.6 is 15.9 Å². The first kappa shape index (κ1) is 15.4. The number of nitrogens with zero attached hydrogens (tertiary/aromatic N) is 2. The third-order valence-electron chi connectivity index (χ3n) is 2.84. The predicted octanol–water partition coefficient (Wildman–Crippen LogP) is 2.88. The summed E-state index contributed by atoms with van der Waals surface area (Å²) in [5, 5.41) is 3.13. The van der Waals surface area contributed by atoms with Gasteiger partial charge >= 0.3 is 0 Å². The molecule has 1 aromatic carbocycles. The van der Waals surface area contributed by atoms with Gasteiger partial charge in [-0.05, 0) is 28.1 Å². The minimum atomic E-state index is 0.480. The van der Waals surface area contributed by atoms with Crippen LogP contribution in [0.2, 0.25) is 0 Å². The van der Waals surface area contributed by atoms with Crippen LogP contribution in [0.3, 0.4) is 0 Å². The summed E-state index contributed by atoms with van der Waals surface area (Å²) in [7, 11) is 4.80. The molecular weight excluding hydrogens is 338 g/mol. The normalized spacial score (nSPS) is 10.1. The van der Waals surface area contributed by atoms with Crippen molar-refractivity contribution < 1.29 is 14.2 Å². The fourth-order valence-electron chi connectivity index (χ4n) is 1.75. The second-order valence-electron chi connectivity index (χ2n) is 4.08. The zero-order valence-corrected chi connectivity index (χ0v) is 13.6. The minimum Gasteiger partial charge on any atom is -0.497 e. The molecule has 0 aliphatic heterocycles. The van der Waals surface area contributed by atoms with E-state index >= 15 is 0 Å². The van der Waals surface area contributed by atoms with Crippen LogP contribution in [0.4, 0.5) is 5.95 Å². The van der Waals surface area contributed by atoms with Gasteiger partial charge in [0.25, 0.3) is 0 Å². The van der Waals surface area contributed by atoms with Crippen LogP contribution in [0.15, 0.2) is 28.9 Å². The molecule has 21 heavy (non-hydrogen) atoms.